The molecule has 0 bridgehead atoms. The SMILES string of the molecule is CCCC1CN=C(Nc2ccc(C)nc2)S1. The maximum absolute atomic E-state index is 4.49. The normalized spacial score (nSPS) is 19.6. The van der Waals surface area contributed by atoms with Gasteiger partial charge < -0.3 is 5.32 Å². The van der Waals surface area contributed by atoms with Gasteiger partial charge in [-0.1, -0.05) is 25.1 Å². The predicted molar refractivity (Wildman–Crippen MR) is 71.2 cm³/mol. The first-order valence-electron chi connectivity index (χ1n) is 5.68. The molecule has 86 valence electrons. The van der Waals surface area contributed by atoms with E-state index in [1.54, 1.807) is 0 Å². The van der Waals surface area contributed by atoms with Gasteiger partial charge >= 0.3 is 0 Å². The van der Waals surface area contributed by atoms with E-state index in [2.05, 4.69) is 22.2 Å². The Balaban J connectivity index is 1.89. The van der Waals surface area contributed by atoms with Gasteiger partial charge in [-0.15, -0.1) is 0 Å². The average molecular weight is 235 g/mol. The fourth-order valence-electron chi connectivity index (χ4n) is 1.62. The third kappa shape index (κ3) is 2.98. The van der Waals surface area contributed by atoms with E-state index in [0.29, 0.717) is 5.25 Å². The third-order valence-electron chi connectivity index (χ3n) is 2.49. The highest BCUT2D eigenvalue weighted by molar-refractivity contribution is 8.15. The Morgan fingerprint density at radius 3 is 3.06 bits per heavy atom. The summed E-state index contributed by atoms with van der Waals surface area (Å²) in [6.07, 6.45) is 4.32. The molecule has 1 aliphatic rings. The maximum Gasteiger partial charge on any atom is 0.161 e. The van der Waals surface area contributed by atoms with E-state index in [4.69, 9.17) is 0 Å². The first kappa shape index (κ1) is 11.5. The molecule has 0 aliphatic carbocycles. The topological polar surface area (TPSA) is 37.3 Å². The van der Waals surface area contributed by atoms with Crippen LogP contribution in [0.4, 0.5) is 5.69 Å². The van der Waals surface area contributed by atoms with Gasteiger partial charge in [-0.3, -0.25) is 9.98 Å². The van der Waals surface area contributed by atoms with Crippen LogP contribution in [0.3, 0.4) is 0 Å². The third-order valence-corrected chi connectivity index (χ3v) is 3.66. The summed E-state index contributed by atoms with van der Waals surface area (Å²) in [4.78, 5) is 8.74. The van der Waals surface area contributed by atoms with Gasteiger partial charge in [0.05, 0.1) is 18.4 Å². The number of hydrogen-bond acceptors (Lipinski definition) is 4. The van der Waals surface area contributed by atoms with E-state index in [0.717, 1.165) is 23.1 Å². The quantitative estimate of drug-likeness (QED) is 0.875. The van der Waals surface area contributed by atoms with Crippen LogP contribution in [0.15, 0.2) is 23.3 Å². The molecule has 16 heavy (non-hydrogen) atoms. The van der Waals surface area contributed by atoms with Crippen molar-refractivity contribution in [2.45, 2.75) is 31.9 Å². The van der Waals surface area contributed by atoms with Crippen molar-refractivity contribution in [3.63, 3.8) is 0 Å². The largest absolute Gasteiger partial charge is 0.334 e. The summed E-state index contributed by atoms with van der Waals surface area (Å²) < 4.78 is 0. The summed E-state index contributed by atoms with van der Waals surface area (Å²) in [5.74, 6) is 0. The van der Waals surface area contributed by atoms with E-state index in [1.165, 1.54) is 12.8 Å². The lowest BCUT2D eigenvalue weighted by atomic mass is 10.2. The number of aliphatic imine (C=N–C) groups is 1. The van der Waals surface area contributed by atoms with E-state index in [-0.39, 0.29) is 0 Å². The Morgan fingerprint density at radius 1 is 1.50 bits per heavy atom. The van der Waals surface area contributed by atoms with Gasteiger partial charge in [-0.25, -0.2) is 0 Å². The number of nitrogens with one attached hydrogen (secondary N) is 1. The molecule has 0 fully saturated rings. The number of thioether (sulfide) groups is 1. The lowest BCUT2D eigenvalue weighted by molar-refractivity contribution is 0.754. The number of anilines is 1. The van der Waals surface area contributed by atoms with Gasteiger partial charge in [-0.05, 0) is 25.5 Å². The highest BCUT2D eigenvalue weighted by Gasteiger charge is 2.18. The first-order valence-corrected chi connectivity index (χ1v) is 6.56. The molecule has 0 saturated heterocycles. The summed E-state index contributed by atoms with van der Waals surface area (Å²) in [6.45, 7) is 5.15. The number of aryl methyl sites for hydroxylation is 1. The van der Waals surface area contributed by atoms with E-state index in [1.807, 2.05) is 37.0 Å². The molecule has 1 atom stereocenters. The number of hydrogen-bond donors (Lipinski definition) is 1. The van der Waals surface area contributed by atoms with E-state index < -0.39 is 0 Å². The van der Waals surface area contributed by atoms with Crippen LogP contribution in [0.1, 0.15) is 25.5 Å². The molecule has 0 aromatic carbocycles. The molecule has 1 N–H and O–H groups in total. The molecule has 0 saturated carbocycles. The molecule has 4 heteroatoms. The average Bonchev–Trinajstić information content (AvgIpc) is 2.70. The van der Waals surface area contributed by atoms with Crippen LogP contribution >= 0.6 is 11.8 Å². The van der Waals surface area contributed by atoms with Crippen LogP contribution in [0.2, 0.25) is 0 Å². The summed E-state index contributed by atoms with van der Waals surface area (Å²) in [6, 6.07) is 4.05. The second-order valence-electron chi connectivity index (χ2n) is 3.99. The molecule has 3 nitrogen and oxygen atoms in total. The van der Waals surface area contributed by atoms with Crippen LogP contribution in [0.25, 0.3) is 0 Å². The minimum Gasteiger partial charge on any atom is -0.334 e. The zero-order valence-electron chi connectivity index (χ0n) is 9.73. The smallest absolute Gasteiger partial charge is 0.161 e. The standard InChI is InChI=1S/C12H17N3S/c1-3-4-11-8-14-12(16-11)15-10-6-5-9(2)13-7-10/h5-7,11H,3-4,8H2,1-2H3,(H,14,15). The molecule has 1 aliphatic heterocycles. The summed E-state index contributed by atoms with van der Waals surface area (Å²) in [5.41, 5.74) is 2.06. The molecule has 1 aromatic rings. The molecule has 2 heterocycles. The molecular weight excluding hydrogens is 218 g/mol. The van der Waals surface area contributed by atoms with Crippen molar-refractivity contribution >= 4 is 22.6 Å². The summed E-state index contributed by atoms with van der Waals surface area (Å²) >= 11 is 1.85. The zero-order chi connectivity index (χ0) is 11.4. The number of pyridine rings is 1. The van der Waals surface area contributed by atoms with Crippen molar-refractivity contribution in [3.05, 3.63) is 24.0 Å². The van der Waals surface area contributed by atoms with Gasteiger partial charge in [-0.2, -0.15) is 0 Å². The van der Waals surface area contributed by atoms with Crippen molar-refractivity contribution in [3.8, 4) is 0 Å². The van der Waals surface area contributed by atoms with Crippen molar-refractivity contribution in [1.82, 2.24) is 4.98 Å². The van der Waals surface area contributed by atoms with E-state index in [9.17, 15) is 0 Å². The van der Waals surface area contributed by atoms with Gasteiger partial charge in [0.25, 0.3) is 0 Å². The highest BCUT2D eigenvalue weighted by Crippen LogP contribution is 2.25. The lowest BCUT2D eigenvalue weighted by Crippen LogP contribution is -2.07. The fourth-order valence-corrected chi connectivity index (χ4v) is 2.77. The number of amidine groups is 1. The molecule has 1 aromatic heterocycles. The van der Waals surface area contributed by atoms with Gasteiger partial charge in [0.15, 0.2) is 5.17 Å². The van der Waals surface area contributed by atoms with Crippen molar-refractivity contribution < 1.29 is 0 Å². The number of nitrogens with zero attached hydrogens (tertiary/aromatic N) is 2. The van der Waals surface area contributed by atoms with Crippen molar-refractivity contribution in [2.24, 2.45) is 4.99 Å². The summed E-state index contributed by atoms with van der Waals surface area (Å²) in [7, 11) is 0. The minimum atomic E-state index is 0.658. The molecule has 0 spiro atoms. The van der Waals surface area contributed by atoms with Crippen LogP contribution in [-0.2, 0) is 0 Å². The van der Waals surface area contributed by atoms with Gasteiger partial charge in [0, 0.05) is 10.9 Å². The van der Waals surface area contributed by atoms with Gasteiger partial charge in [0.1, 0.15) is 0 Å². The first-order chi connectivity index (χ1) is 7.78. The molecule has 0 amide bonds. The Bertz CT molecular complexity index is 372. The molecule has 1 unspecified atom stereocenters. The Labute approximate surface area is 101 Å². The second kappa shape index (κ2) is 5.34. The second-order valence-corrected chi connectivity index (χ2v) is 5.28. The summed E-state index contributed by atoms with van der Waals surface area (Å²) in [5, 5.41) is 5.00. The van der Waals surface area contributed by atoms with Crippen LogP contribution in [0.5, 0.6) is 0 Å². The highest BCUT2D eigenvalue weighted by atomic mass is 32.2. The monoisotopic (exact) mass is 235 g/mol. The number of aromatic nitrogens is 1. The van der Waals surface area contributed by atoms with Crippen molar-refractivity contribution in [1.29, 1.82) is 0 Å². The van der Waals surface area contributed by atoms with Crippen LogP contribution in [-0.4, -0.2) is 21.9 Å². The zero-order valence-corrected chi connectivity index (χ0v) is 10.5. The Morgan fingerprint density at radius 2 is 2.38 bits per heavy atom. The Hall–Kier alpha value is -1.03. The maximum atomic E-state index is 4.49. The van der Waals surface area contributed by atoms with Gasteiger partial charge in [0.2, 0.25) is 0 Å². The number of rotatable bonds is 3. The minimum absolute atomic E-state index is 0.658. The lowest BCUT2D eigenvalue weighted by Gasteiger charge is -2.07. The van der Waals surface area contributed by atoms with Crippen LogP contribution < -0.4 is 5.32 Å². The molecule has 2 rings (SSSR count). The molecular formula is C12H17N3S. The fraction of sp³-hybridized carbons (Fsp3) is 0.500. The van der Waals surface area contributed by atoms with Crippen molar-refractivity contribution in [2.75, 3.05) is 11.9 Å². The molecule has 0 radical (unpaired) electrons. The van der Waals surface area contributed by atoms with Crippen LogP contribution in [0, 0.1) is 6.92 Å². The predicted octanol–water partition coefficient (Wildman–Crippen LogP) is 3.07. The Kier molecular flexibility index (Phi) is 3.83. The van der Waals surface area contributed by atoms with E-state index >= 15 is 0 Å².